The molecule has 140 valence electrons. The van der Waals surface area contributed by atoms with Crippen molar-refractivity contribution in [2.45, 2.75) is 54.1 Å². The SMILES string of the molecule is CCNC(=NCC(OC)C(C)(C)C)NCCc1sc(C)nc1C.I. The molecule has 5 nitrogen and oxygen atoms in total. The molecule has 24 heavy (non-hydrogen) atoms. The van der Waals surface area contributed by atoms with Gasteiger partial charge in [-0.05, 0) is 26.2 Å². The van der Waals surface area contributed by atoms with E-state index < -0.39 is 0 Å². The van der Waals surface area contributed by atoms with Crippen molar-refractivity contribution in [2.24, 2.45) is 10.4 Å². The minimum atomic E-state index is 0. The third-order valence-electron chi connectivity index (χ3n) is 3.65. The molecule has 1 aromatic rings. The Kier molecular flexibility index (Phi) is 11.1. The highest BCUT2D eigenvalue weighted by Gasteiger charge is 2.24. The molecule has 1 rings (SSSR count). The zero-order chi connectivity index (χ0) is 17.5. The molecule has 0 aliphatic rings. The van der Waals surface area contributed by atoms with Gasteiger partial charge in [0.1, 0.15) is 0 Å². The van der Waals surface area contributed by atoms with E-state index in [1.807, 2.05) is 0 Å². The highest BCUT2D eigenvalue weighted by Crippen LogP contribution is 2.21. The Hall–Kier alpha value is -0.410. The summed E-state index contributed by atoms with van der Waals surface area (Å²) in [4.78, 5) is 10.5. The Balaban J connectivity index is 0.00000529. The zero-order valence-corrected chi connectivity index (χ0v) is 19.2. The fourth-order valence-corrected chi connectivity index (χ4v) is 3.25. The van der Waals surface area contributed by atoms with Crippen LogP contribution in [0.1, 0.15) is 43.3 Å². The van der Waals surface area contributed by atoms with Crippen LogP contribution >= 0.6 is 35.3 Å². The average molecular weight is 468 g/mol. The van der Waals surface area contributed by atoms with Gasteiger partial charge in [0, 0.05) is 31.5 Å². The largest absolute Gasteiger partial charge is 0.379 e. The summed E-state index contributed by atoms with van der Waals surface area (Å²) in [6.45, 7) is 15.1. The molecule has 0 saturated heterocycles. The van der Waals surface area contributed by atoms with Gasteiger partial charge in [-0.1, -0.05) is 20.8 Å². The number of thiazole rings is 1. The smallest absolute Gasteiger partial charge is 0.191 e. The molecule has 1 aromatic heterocycles. The van der Waals surface area contributed by atoms with E-state index in [9.17, 15) is 0 Å². The molecule has 0 aliphatic carbocycles. The van der Waals surface area contributed by atoms with Crippen molar-refractivity contribution in [1.82, 2.24) is 15.6 Å². The number of nitrogens with zero attached hydrogens (tertiary/aromatic N) is 2. The van der Waals surface area contributed by atoms with E-state index in [1.165, 1.54) is 4.88 Å². The van der Waals surface area contributed by atoms with Crippen LogP contribution in [0.25, 0.3) is 0 Å². The number of aryl methyl sites for hydroxylation is 2. The number of aromatic nitrogens is 1. The summed E-state index contributed by atoms with van der Waals surface area (Å²) in [7, 11) is 1.75. The summed E-state index contributed by atoms with van der Waals surface area (Å²) in [6, 6.07) is 0. The number of rotatable bonds is 7. The molecule has 1 atom stereocenters. The van der Waals surface area contributed by atoms with Crippen LogP contribution in [0.5, 0.6) is 0 Å². The van der Waals surface area contributed by atoms with Crippen molar-refractivity contribution >= 4 is 41.3 Å². The molecule has 0 radical (unpaired) electrons. The van der Waals surface area contributed by atoms with Crippen molar-refractivity contribution in [3.63, 3.8) is 0 Å². The van der Waals surface area contributed by atoms with Crippen LogP contribution < -0.4 is 10.6 Å². The summed E-state index contributed by atoms with van der Waals surface area (Å²) >= 11 is 1.77. The van der Waals surface area contributed by atoms with Crippen molar-refractivity contribution in [1.29, 1.82) is 0 Å². The minimum absolute atomic E-state index is 0. The van der Waals surface area contributed by atoms with Gasteiger partial charge in [0.2, 0.25) is 0 Å². The second-order valence-electron chi connectivity index (χ2n) is 6.73. The van der Waals surface area contributed by atoms with Gasteiger partial charge in [0.15, 0.2) is 5.96 Å². The second kappa shape index (κ2) is 11.3. The standard InChI is InChI=1S/C17H32N4OS.HI/c1-8-18-16(20-11-15(22-7)17(4,5)6)19-10-9-14-12(2)21-13(3)23-14;/h15H,8-11H2,1-7H3,(H2,18,19,20);1H. The summed E-state index contributed by atoms with van der Waals surface area (Å²) in [6.07, 6.45) is 1.07. The van der Waals surface area contributed by atoms with E-state index in [-0.39, 0.29) is 35.5 Å². The first-order valence-electron chi connectivity index (χ1n) is 8.25. The molecule has 2 N–H and O–H groups in total. The number of hydrogen-bond donors (Lipinski definition) is 2. The summed E-state index contributed by atoms with van der Waals surface area (Å²) in [5.74, 6) is 0.845. The average Bonchev–Trinajstić information content (AvgIpc) is 2.76. The van der Waals surface area contributed by atoms with Gasteiger partial charge in [-0.3, -0.25) is 4.99 Å². The molecule has 0 saturated carbocycles. The Bertz CT molecular complexity index is 511. The van der Waals surface area contributed by atoms with Gasteiger partial charge >= 0.3 is 0 Å². The first kappa shape index (κ1) is 23.6. The molecular weight excluding hydrogens is 435 g/mol. The van der Waals surface area contributed by atoms with Crippen LogP contribution in [-0.4, -0.2) is 43.8 Å². The maximum absolute atomic E-state index is 5.57. The first-order valence-corrected chi connectivity index (χ1v) is 9.07. The Morgan fingerprint density at radius 3 is 2.42 bits per heavy atom. The predicted molar refractivity (Wildman–Crippen MR) is 115 cm³/mol. The van der Waals surface area contributed by atoms with Gasteiger partial charge in [-0.25, -0.2) is 4.98 Å². The maximum Gasteiger partial charge on any atom is 0.191 e. The molecule has 0 fully saturated rings. The van der Waals surface area contributed by atoms with Crippen LogP contribution in [0.2, 0.25) is 0 Å². The van der Waals surface area contributed by atoms with E-state index in [4.69, 9.17) is 4.74 Å². The normalized spacial score (nSPS) is 13.4. The Labute approximate surface area is 168 Å². The van der Waals surface area contributed by atoms with Crippen molar-refractivity contribution in [3.8, 4) is 0 Å². The van der Waals surface area contributed by atoms with Gasteiger partial charge in [0.25, 0.3) is 0 Å². The van der Waals surface area contributed by atoms with Crippen LogP contribution in [0.3, 0.4) is 0 Å². The third kappa shape index (κ3) is 8.11. The summed E-state index contributed by atoms with van der Waals surface area (Å²) in [5.41, 5.74) is 1.22. The van der Waals surface area contributed by atoms with Crippen molar-refractivity contribution < 1.29 is 4.74 Å². The summed E-state index contributed by atoms with van der Waals surface area (Å²) in [5, 5.41) is 7.82. The number of ether oxygens (including phenoxy) is 1. The lowest BCUT2D eigenvalue weighted by atomic mass is 9.89. The van der Waals surface area contributed by atoms with E-state index in [1.54, 1.807) is 18.4 Å². The number of halogens is 1. The van der Waals surface area contributed by atoms with Gasteiger partial charge < -0.3 is 15.4 Å². The monoisotopic (exact) mass is 468 g/mol. The molecule has 1 heterocycles. The Morgan fingerprint density at radius 1 is 1.29 bits per heavy atom. The highest BCUT2D eigenvalue weighted by molar-refractivity contribution is 14.0. The van der Waals surface area contributed by atoms with E-state index >= 15 is 0 Å². The fourth-order valence-electron chi connectivity index (χ4n) is 2.32. The second-order valence-corrected chi connectivity index (χ2v) is 8.02. The molecule has 7 heteroatoms. The molecule has 0 aliphatic heterocycles. The molecule has 1 unspecified atom stereocenters. The number of aliphatic imine (C=N–C) groups is 1. The van der Waals surface area contributed by atoms with E-state index in [0.717, 1.165) is 36.2 Å². The van der Waals surface area contributed by atoms with E-state index in [0.29, 0.717) is 6.54 Å². The summed E-state index contributed by atoms with van der Waals surface area (Å²) < 4.78 is 5.57. The van der Waals surface area contributed by atoms with Gasteiger partial charge in [-0.15, -0.1) is 35.3 Å². The number of guanidine groups is 1. The molecule has 0 bridgehead atoms. The van der Waals surface area contributed by atoms with Crippen LogP contribution in [0.4, 0.5) is 0 Å². The molecular formula is C17H33IN4OS. The minimum Gasteiger partial charge on any atom is -0.379 e. The van der Waals surface area contributed by atoms with Crippen molar-refractivity contribution in [2.75, 3.05) is 26.7 Å². The molecule has 0 amide bonds. The molecule has 0 spiro atoms. The van der Waals surface area contributed by atoms with E-state index in [2.05, 4.69) is 62.2 Å². The molecule has 0 aromatic carbocycles. The Morgan fingerprint density at radius 2 is 1.96 bits per heavy atom. The van der Waals surface area contributed by atoms with Crippen molar-refractivity contribution in [3.05, 3.63) is 15.6 Å². The maximum atomic E-state index is 5.57. The highest BCUT2D eigenvalue weighted by atomic mass is 127. The zero-order valence-electron chi connectivity index (χ0n) is 16.0. The fraction of sp³-hybridized carbons (Fsp3) is 0.765. The quantitative estimate of drug-likeness (QED) is 0.365. The number of nitrogens with one attached hydrogen (secondary N) is 2. The first-order chi connectivity index (χ1) is 10.8. The lowest BCUT2D eigenvalue weighted by molar-refractivity contribution is 0.0241. The predicted octanol–water partition coefficient (Wildman–Crippen LogP) is 3.54. The number of methoxy groups -OCH3 is 1. The lowest BCUT2D eigenvalue weighted by Crippen LogP contribution is -2.40. The van der Waals surface area contributed by atoms with Crippen LogP contribution in [0.15, 0.2) is 4.99 Å². The number of hydrogen-bond acceptors (Lipinski definition) is 4. The topological polar surface area (TPSA) is 58.5 Å². The van der Waals surface area contributed by atoms with Crippen LogP contribution in [-0.2, 0) is 11.2 Å². The lowest BCUT2D eigenvalue weighted by Gasteiger charge is -2.28. The van der Waals surface area contributed by atoms with Crippen LogP contribution in [0, 0.1) is 19.3 Å². The van der Waals surface area contributed by atoms with Gasteiger partial charge in [-0.2, -0.15) is 0 Å². The van der Waals surface area contributed by atoms with Gasteiger partial charge in [0.05, 0.1) is 23.4 Å². The third-order valence-corrected chi connectivity index (χ3v) is 4.79.